The molecule has 1 fully saturated rings. The predicted octanol–water partition coefficient (Wildman–Crippen LogP) is 1.92. The molecule has 1 aromatic rings. The third kappa shape index (κ3) is 2.53. The molecule has 3 N–H and O–H groups in total. The molecule has 2 unspecified atom stereocenters. The Kier molecular flexibility index (Phi) is 3.96. The smallest absolute Gasteiger partial charge is 0.239 e. The van der Waals surface area contributed by atoms with Crippen molar-refractivity contribution in [1.82, 2.24) is 9.97 Å². The van der Waals surface area contributed by atoms with Gasteiger partial charge in [-0.2, -0.15) is 4.98 Å². The van der Waals surface area contributed by atoms with Crippen LogP contribution >= 0.6 is 0 Å². The molecule has 0 aromatic carbocycles. The van der Waals surface area contributed by atoms with Gasteiger partial charge in [-0.3, -0.25) is 5.43 Å². The van der Waals surface area contributed by atoms with Crippen LogP contribution in [0.4, 0.5) is 16.2 Å². The van der Waals surface area contributed by atoms with Crippen LogP contribution in [-0.2, 0) is 0 Å². The van der Waals surface area contributed by atoms with Crippen molar-refractivity contribution in [3.63, 3.8) is 0 Å². The number of halogens is 1. The minimum Gasteiger partial charge on any atom is -0.354 e. The van der Waals surface area contributed by atoms with Crippen molar-refractivity contribution < 1.29 is 4.39 Å². The Labute approximate surface area is 107 Å². The number of nitrogens with two attached hydrogens (primary N) is 1. The van der Waals surface area contributed by atoms with E-state index in [1.54, 1.807) is 0 Å². The van der Waals surface area contributed by atoms with Crippen LogP contribution in [0.5, 0.6) is 0 Å². The lowest BCUT2D eigenvalue weighted by molar-refractivity contribution is 0.319. The Bertz CT molecular complexity index is 411. The number of nitrogens with one attached hydrogen (secondary N) is 1. The Morgan fingerprint density at radius 1 is 1.44 bits per heavy atom. The zero-order valence-corrected chi connectivity index (χ0v) is 10.9. The van der Waals surface area contributed by atoms with E-state index in [4.69, 9.17) is 5.84 Å². The van der Waals surface area contributed by atoms with E-state index >= 15 is 0 Å². The zero-order valence-electron chi connectivity index (χ0n) is 10.9. The lowest BCUT2D eigenvalue weighted by Crippen LogP contribution is -2.40. The third-order valence-corrected chi connectivity index (χ3v) is 3.75. The monoisotopic (exact) mass is 253 g/mol. The second-order valence-electron chi connectivity index (χ2n) is 4.95. The highest BCUT2D eigenvalue weighted by molar-refractivity contribution is 5.44. The average molecular weight is 253 g/mol. The highest BCUT2D eigenvalue weighted by Crippen LogP contribution is 2.30. The molecule has 18 heavy (non-hydrogen) atoms. The second kappa shape index (κ2) is 5.48. The van der Waals surface area contributed by atoms with Crippen LogP contribution in [0.15, 0.2) is 6.20 Å². The summed E-state index contributed by atoms with van der Waals surface area (Å²) in [6.07, 6.45) is 5.86. The molecule has 0 aliphatic heterocycles. The molecule has 2 atom stereocenters. The number of nitrogens with zero attached hydrogens (tertiary/aromatic N) is 3. The SMILES string of the molecule is CC1CCCCC1N(C)c1nc(NN)ncc1F. The van der Waals surface area contributed by atoms with Crippen LogP contribution in [0.25, 0.3) is 0 Å². The van der Waals surface area contributed by atoms with Crippen LogP contribution in [0.3, 0.4) is 0 Å². The zero-order chi connectivity index (χ0) is 13.1. The summed E-state index contributed by atoms with van der Waals surface area (Å²) in [4.78, 5) is 9.78. The first-order valence-electron chi connectivity index (χ1n) is 6.35. The largest absolute Gasteiger partial charge is 0.354 e. The molecule has 1 aromatic heterocycles. The van der Waals surface area contributed by atoms with Gasteiger partial charge in [-0.15, -0.1) is 0 Å². The Balaban J connectivity index is 2.23. The molecule has 0 spiro atoms. The van der Waals surface area contributed by atoms with Gasteiger partial charge in [-0.25, -0.2) is 15.2 Å². The van der Waals surface area contributed by atoms with Gasteiger partial charge in [0, 0.05) is 13.1 Å². The molecule has 0 bridgehead atoms. The van der Waals surface area contributed by atoms with E-state index in [0.717, 1.165) is 12.6 Å². The van der Waals surface area contributed by atoms with Gasteiger partial charge in [-0.1, -0.05) is 19.8 Å². The molecule has 5 nitrogen and oxygen atoms in total. The van der Waals surface area contributed by atoms with Crippen molar-refractivity contribution in [2.24, 2.45) is 11.8 Å². The van der Waals surface area contributed by atoms with Gasteiger partial charge in [0.1, 0.15) is 0 Å². The van der Waals surface area contributed by atoms with E-state index < -0.39 is 5.82 Å². The summed E-state index contributed by atoms with van der Waals surface area (Å²) >= 11 is 0. The number of rotatable bonds is 3. The fraction of sp³-hybridized carbons (Fsp3) is 0.667. The minimum atomic E-state index is -0.408. The standard InChI is InChI=1S/C12H20FN5/c1-8-5-3-4-6-10(8)18(2)11-9(13)7-15-12(16-11)17-14/h7-8,10H,3-6,14H2,1-2H3,(H,15,16,17). The van der Waals surface area contributed by atoms with Crippen LogP contribution in [0.2, 0.25) is 0 Å². The van der Waals surface area contributed by atoms with E-state index in [2.05, 4.69) is 22.3 Å². The van der Waals surface area contributed by atoms with Crippen molar-refractivity contribution in [2.75, 3.05) is 17.4 Å². The highest BCUT2D eigenvalue weighted by atomic mass is 19.1. The quantitative estimate of drug-likeness (QED) is 0.636. The number of anilines is 2. The maximum Gasteiger partial charge on any atom is 0.239 e. The average Bonchev–Trinajstić information content (AvgIpc) is 2.39. The molecule has 2 rings (SSSR count). The topological polar surface area (TPSA) is 67.1 Å². The van der Waals surface area contributed by atoms with Crippen LogP contribution in [0, 0.1) is 11.7 Å². The summed E-state index contributed by atoms with van der Waals surface area (Å²) in [5.74, 6) is 5.95. The Hall–Kier alpha value is -1.43. The molecular formula is C12H20FN5. The van der Waals surface area contributed by atoms with Gasteiger partial charge < -0.3 is 4.90 Å². The van der Waals surface area contributed by atoms with Crippen LogP contribution in [-0.4, -0.2) is 23.1 Å². The van der Waals surface area contributed by atoms with Gasteiger partial charge in [0.25, 0.3) is 0 Å². The second-order valence-corrected chi connectivity index (χ2v) is 4.95. The summed E-state index contributed by atoms with van der Waals surface area (Å²) in [5.41, 5.74) is 2.35. The Morgan fingerprint density at radius 2 is 2.17 bits per heavy atom. The van der Waals surface area contributed by atoms with Gasteiger partial charge in [-0.05, 0) is 18.8 Å². The van der Waals surface area contributed by atoms with Crippen molar-refractivity contribution in [3.8, 4) is 0 Å². The van der Waals surface area contributed by atoms with E-state index in [9.17, 15) is 4.39 Å². The fourth-order valence-corrected chi connectivity index (χ4v) is 2.70. The van der Waals surface area contributed by atoms with Crippen molar-refractivity contribution in [2.45, 2.75) is 38.6 Å². The third-order valence-electron chi connectivity index (χ3n) is 3.75. The Morgan fingerprint density at radius 3 is 2.83 bits per heavy atom. The molecular weight excluding hydrogens is 233 g/mol. The predicted molar refractivity (Wildman–Crippen MR) is 69.6 cm³/mol. The highest BCUT2D eigenvalue weighted by Gasteiger charge is 2.27. The summed E-state index contributed by atoms with van der Waals surface area (Å²) in [6.45, 7) is 2.21. The molecule has 0 amide bonds. The lowest BCUT2D eigenvalue weighted by Gasteiger charge is -2.37. The number of aromatic nitrogens is 2. The summed E-state index contributed by atoms with van der Waals surface area (Å²) < 4.78 is 13.8. The van der Waals surface area contributed by atoms with Crippen LogP contribution in [0.1, 0.15) is 32.6 Å². The summed E-state index contributed by atoms with van der Waals surface area (Å²) in [7, 11) is 1.89. The number of hydrogen-bond acceptors (Lipinski definition) is 5. The van der Waals surface area contributed by atoms with Gasteiger partial charge in [0.05, 0.1) is 6.20 Å². The van der Waals surface area contributed by atoms with E-state index in [1.807, 2.05) is 11.9 Å². The number of nitrogen functional groups attached to an aromatic ring is 1. The maximum atomic E-state index is 13.8. The molecule has 1 aliphatic rings. The minimum absolute atomic E-state index is 0.238. The fourth-order valence-electron chi connectivity index (χ4n) is 2.70. The number of hydrogen-bond donors (Lipinski definition) is 2. The van der Waals surface area contributed by atoms with Crippen LogP contribution < -0.4 is 16.2 Å². The van der Waals surface area contributed by atoms with E-state index in [1.165, 1.54) is 19.3 Å². The lowest BCUT2D eigenvalue weighted by atomic mass is 9.85. The normalized spacial score (nSPS) is 23.8. The maximum absolute atomic E-state index is 13.8. The van der Waals surface area contributed by atoms with Crippen molar-refractivity contribution in [1.29, 1.82) is 0 Å². The van der Waals surface area contributed by atoms with Gasteiger partial charge in [0.2, 0.25) is 5.95 Å². The van der Waals surface area contributed by atoms with Gasteiger partial charge >= 0.3 is 0 Å². The van der Waals surface area contributed by atoms with E-state index in [-0.39, 0.29) is 5.95 Å². The van der Waals surface area contributed by atoms with Gasteiger partial charge in [0.15, 0.2) is 11.6 Å². The molecule has 0 saturated heterocycles. The molecule has 1 saturated carbocycles. The molecule has 1 aliphatic carbocycles. The first-order valence-corrected chi connectivity index (χ1v) is 6.35. The van der Waals surface area contributed by atoms with Crippen molar-refractivity contribution in [3.05, 3.63) is 12.0 Å². The molecule has 0 radical (unpaired) electrons. The summed E-state index contributed by atoms with van der Waals surface area (Å²) in [6, 6.07) is 0.328. The first kappa shape index (κ1) is 13.0. The molecule has 100 valence electrons. The summed E-state index contributed by atoms with van der Waals surface area (Å²) in [5, 5.41) is 0. The molecule has 1 heterocycles. The molecule has 6 heteroatoms. The van der Waals surface area contributed by atoms with E-state index in [0.29, 0.717) is 17.8 Å². The number of hydrazine groups is 1. The first-order chi connectivity index (χ1) is 8.63. The van der Waals surface area contributed by atoms with Crippen molar-refractivity contribution >= 4 is 11.8 Å².